The van der Waals surface area contributed by atoms with E-state index in [1.807, 2.05) is 0 Å². The Labute approximate surface area is 121 Å². The summed E-state index contributed by atoms with van der Waals surface area (Å²) < 4.78 is 25.0. The normalized spacial score (nSPS) is 13.0. The summed E-state index contributed by atoms with van der Waals surface area (Å²) in [7, 11) is -3.19. The molecule has 0 radical (unpaired) electrons. The fourth-order valence-corrected chi connectivity index (χ4v) is 3.10. The number of carbonyl (C=O) groups is 2. The number of hydroxylamine groups is 1. The molecule has 0 heterocycles. The van der Waals surface area contributed by atoms with Crippen LogP contribution in [0.1, 0.15) is 12.8 Å². The minimum Gasteiger partial charge on any atom is -0.481 e. The maximum Gasteiger partial charge on any atom is 0.324 e. The van der Waals surface area contributed by atoms with Crippen molar-refractivity contribution < 1.29 is 33.1 Å². The van der Waals surface area contributed by atoms with Gasteiger partial charge in [-0.15, -0.1) is 0 Å². The molecule has 0 bridgehead atoms. The van der Waals surface area contributed by atoms with E-state index in [4.69, 9.17) is 15.1 Å². The van der Waals surface area contributed by atoms with Gasteiger partial charge in [-0.1, -0.05) is 22.7 Å². The summed E-state index contributed by atoms with van der Waals surface area (Å²) in [5, 5.41) is 17.7. The first-order valence-electron chi connectivity index (χ1n) is 5.89. The van der Waals surface area contributed by atoms with Gasteiger partial charge < -0.3 is 10.2 Å². The standard InChI is InChI=1S/C12H15NO7S/c1-20-13(10(12(16)17)7-8-11(14)15)21(18,19)9-5-3-2-4-6-9/h2-6,10H,7-8H2,1H3,(H,14,15)(H,16,17)/t10-/m0/s1. The molecule has 1 aromatic carbocycles. The molecule has 116 valence electrons. The van der Waals surface area contributed by atoms with Gasteiger partial charge in [-0.05, 0) is 18.6 Å². The number of carboxylic acids is 2. The van der Waals surface area contributed by atoms with Crippen LogP contribution in [0.5, 0.6) is 0 Å². The minimum absolute atomic E-state index is 0.145. The quantitative estimate of drug-likeness (QED) is 0.672. The molecule has 0 aromatic heterocycles. The van der Waals surface area contributed by atoms with Crippen molar-refractivity contribution in [2.45, 2.75) is 23.8 Å². The number of rotatable bonds is 8. The number of sulfonamides is 1. The zero-order valence-electron chi connectivity index (χ0n) is 11.2. The number of hydrogen-bond donors (Lipinski definition) is 2. The molecule has 0 spiro atoms. The number of aliphatic carboxylic acids is 2. The Morgan fingerprint density at radius 2 is 1.81 bits per heavy atom. The van der Waals surface area contributed by atoms with Gasteiger partial charge in [0.15, 0.2) is 0 Å². The van der Waals surface area contributed by atoms with E-state index < -0.39 is 40.8 Å². The lowest BCUT2D eigenvalue weighted by molar-refractivity contribution is -0.157. The highest BCUT2D eigenvalue weighted by molar-refractivity contribution is 7.89. The Bertz CT molecular complexity index is 599. The van der Waals surface area contributed by atoms with Crippen LogP contribution in [0.25, 0.3) is 0 Å². The van der Waals surface area contributed by atoms with Gasteiger partial charge in [0.05, 0.1) is 12.0 Å². The van der Waals surface area contributed by atoms with E-state index in [9.17, 15) is 18.0 Å². The Balaban J connectivity index is 3.13. The van der Waals surface area contributed by atoms with Crippen LogP contribution in [0, 0.1) is 0 Å². The third kappa shape index (κ3) is 4.25. The van der Waals surface area contributed by atoms with Gasteiger partial charge in [-0.2, -0.15) is 0 Å². The van der Waals surface area contributed by atoms with E-state index in [0.717, 1.165) is 7.11 Å². The lowest BCUT2D eigenvalue weighted by Gasteiger charge is -2.25. The van der Waals surface area contributed by atoms with Crippen molar-refractivity contribution in [2.75, 3.05) is 7.11 Å². The summed E-state index contributed by atoms with van der Waals surface area (Å²) in [5.41, 5.74) is 0. The van der Waals surface area contributed by atoms with Crippen LogP contribution in [0.3, 0.4) is 0 Å². The van der Waals surface area contributed by atoms with Gasteiger partial charge in [-0.3, -0.25) is 14.4 Å². The molecule has 2 N–H and O–H groups in total. The minimum atomic E-state index is -4.21. The first kappa shape index (κ1) is 17.1. The third-order valence-electron chi connectivity index (χ3n) is 2.63. The molecule has 8 nitrogen and oxygen atoms in total. The van der Waals surface area contributed by atoms with Crippen molar-refractivity contribution in [3.8, 4) is 0 Å². The molecule has 0 aliphatic carbocycles. The number of nitrogens with zero attached hydrogens (tertiary/aromatic N) is 1. The van der Waals surface area contributed by atoms with E-state index in [-0.39, 0.29) is 4.90 Å². The first-order valence-corrected chi connectivity index (χ1v) is 7.33. The van der Waals surface area contributed by atoms with Gasteiger partial charge in [-0.25, -0.2) is 8.42 Å². The van der Waals surface area contributed by atoms with Gasteiger partial charge in [0, 0.05) is 6.42 Å². The Kier molecular flexibility index (Phi) is 5.82. The van der Waals surface area contributed by atoms with Gasteiger partial charge >= 0.3 is 11.9 Å². The molecule has 0 fully saturated rings. The van der Waals surface area contributed by atoms with Crippen molar-refractivity contribution in [1.82, 2.24) is 4.47 Å². The summed E-state index contributed by atoms with van der Waals surface area (Å²) in [4.78, 5) is 26.3. The average molecular weight is 317 g/mol. The number of benzene rings is 1. The molecule has 1 aromatic rings. The molecule has 0 aliphatic heterocycles. The smallest absolute Gasteiger partial charge is 0.324 e. The largest absolute Gasteiger partial charge is 0.481 e. The van der Waals surface area contributed by atoms with Crippen LogP contribution < -0.4 is 0 Å². The summed E-state index contributed by atoms with van der Waals surface area (Å²) >= 11 is 0. The molecule has 9 heteroatoms. The lowest BCUT2D eigenvalue weighted by Crippen LogP contribution is -2.44. The predicted octanol–water partition coefficient (Wildman–Crippen LogP) is 0.557. The van der Waals surface area contributed by atoms with E-state index in [2.05, 4.69) is 0 Å². The van der Waals surface area contributed by atoms with E-state index >= 15 is 0 Å². The SMILES string of the molecule is CON([C@@H](CCC(=O)O)C(=O)O)S(=O)(=O)c1ccccc1. The molecule has 0 saturated carbocycles. The summed E-state index contributed by atoms with van der Waals surface area (Å²) in [6, 6.07) is 5.52. The third-order valence-corrected chi connectivity index (χ3v) is 4.37. The predicted molar refractivity (Wildman–Crippen MR) is 70.8 cm³/mol. The zero-order chi connectivity index (χ0) is 16.0. The highest BCUT2D eigenvalue weighted by Gasteiger charge is 2.36. The first-order chi connectivity index (χ1) is 9.80. The number of hydrogen-bond acceptors (Lipinski definition) is 5. The number of carboxylic acid groups (broad SMARTS) is 2. The van der Waals surface area contributed by atoms with Crippen LogP contribution in [0.2, 0.25) is 0 Å². The molecule has 0 unspecified atom stereocenters. The van der Waals surface area contributed by atoms with Crippen molar-refractivity contribution in [1.29, 1.82) is 0 Å². The second-order valence-corrected chi connectivity index (χ2v) is 5.82. The molecule has 21 heavy (non-hydrogen) atoms. The molecule has 1 atom stereocenters. The summed E-state index contributed by atoms with van der Waals surface area (Å²) in [6.45, 7) is 0. The molecule has 0 amide bonds. The van der Waals surface area contributed by atoms with Crippen molar-refractivity contribution in [3.05, 3.63) is 30.3 Å². The Morgan fingerprint density at radius 3 is 2.24 bits per heavy atom. The van der Waals surface area contributed by atoms with E-state index in [1.165, 1.54) is 24.3 Å². The topological polar surface area (TPSA) is 121 Å². The highest BCUT2D eigenvalue weighted by Crippen LogP contribution is 2.20. The monoisotopic (exact) mass is 317 g/mol. The molecular weight excluding hydrogens is 302 g/mol. The average Bonchev–Trinajstić information content (AvgIpc) is 2.43. The second kappa shape index (κ2) is 7.16. The molecule has 0 aliphatic rings. The van der Waals surface area contributed by atoms with Crippen LogP contribution in [-0.2, 0) is 24.4 Å². The van der Waals surface area contributed by atoms with Crippen molar-refractivity contribution in [3.63, 3.8) is 0 Å². The molecule has 0 saturated heterocycles. The van der Waals surface area contributed by atoms with Crippen LogP contribution in [-0.4, -0.2) is 48.2 Å². The summed E-state index contributed by atoms with van der Waals surface area (Å²) in [6.07, 6.45) is -0.911. The Morgan fingerprint density at radius 1 is 1.24 bits per heavy atom. The zero-order valence-corrected chi connectivity index (χ0v) is 12.0. The van der Waals surface area contributed by atoms with Crippen molar-refractivity contribution >= 4 is 22.0 Å². The summed E-state index contributed by atoms with van der Waals surface area (Å²) in [5.74, 6) is -2.72. The fraction of sp³-hybridized carbons (Fsp3) is 0.333. The van der Waals surface area contributed by atoms with Gasteiger partial charge in [0.1, 0.15) is 6.04 Å². The maximum atomic E-state index is 12.3. The fourth-order valence-electron chi connectivity index (χ4n) is 1.67. The van der Waals surface area contributed by atoms with Crippen LogP contribution in [0.15, 0.2) is 35.2 Å². The van der Waals surface area contributed by atoms with Crippen molar-refractivity contribution in [2.24, 2.45) is 0 Å². The Hall–Kier alpha value is -1.97. The van der Waals surface area contributed by atoms with E-state index in [0.29, 0.717) is 4.47 Å². The molecule has 1 rings (SSSR count). The van der Waals surface area contributed by atoms with Crippen LogP contribution in [0.4, 0.5) is 0 Å². The molecular formula is C12H15NO7S. The van der Waals surface area contributed by atoms with E-state index in [1.54, 1.807) is 6.07 Å². The lowest BCUT2D eigenvalue weighted by atomic mass is 10.2. The maximum absolute atomic E-state index is 12.3. The van der Waals surface area contributed by atoms with Gasteiger partial charge in [0.2, 0.25) is 0 Å². The highest BCUT2D eigenvalue weighted by atomic mass is 32.2. The van der Waals surface area contributed by atoms with Gasteiger partial charge in [0.25, 0.3) is 10.0 Å². The van der Waals surface area contributed by atoms with Crippen LogP contribution >= 0.6 is 0 Å². The second-order valence-electron chi connectivity index (χ2n) is 4.04.